The molecule has 7 heteroatoms. The molecular weight excluding hydrogens is 302 g/mol. The molecule has 0 bridgehead atoms. The average Bonchev–Trinajstić information content (AvgIpc) is 2.88. The highest BCUT2D eigenvalue weighted by Gasteiger charge is 2.21. The SMILES string of the molecule is Cc1ccc(S(=O)(=O)NCc2n[nH]c3c2COCC3)c(C)c1. The largest absolute Gasteiger partial charge is 0.376 e. The number of nitrogens with zero attached hydrogens (tertiary/aromatic N) is 1. The first-order valence-corrected chi connectivity index (χ1v) is 8.65. The molecule has 6 nitrogen and oxygen atoms in total. The van der Waals surface area contributed by atoms with E-state index >= 15 is 0 Å². The van der Waals surface area contributed by atoms with Crippen molar-refractivity contribution < 1.29 is 13.2 Å². The highest BCUT2D eigenvalue weighted by Crippen LogP contribution is 2.20. The number of aromatic amines is 1. The topological polar surface area (TPSA) is 84.1 Å². The van der Waals surface area contributed by atoms with Gasteiger partial charge in [0.1, 0.15) is 0 Å². The number of fused-ring (bicyclic) bond motifs is 1. The van der Waals surface area contributed by atoms with E-state index in [9.17, 15) is 8.42 Å². The summed E-state index contributed by atoms with van der Waals surface area (Å²) >= 11 is 0. The van der Waals surface area contributed by atoms with Gasteiger partial charge in [-0.2, -0.15) is 5.10 Å². The molecule has 22 heavy (non-hydrogen) atoms. The molecule has 0 aliphatic carbocycles. The van der Waals surface area contributed by atoms with Gasteiger partial charge >= 0.3 is 0 Å². The fourth-order valence-corrected chi connectivity index (χ4v) is 3.87. The molecule has 118 valence electrons. The van der Waals surface area contributed by atoms with E-state index in [0.29, 0.717) is 23.8 Å². The van der Waals surface area contributed by atoms with Gasteiger partial charge in [0.05, 0.1) is 30.3 Å². The zero-order chi connectivity index (χ0) is 15.7. The number of aromatic nitrogens is 2. The van der Waals surface area contributed by atoms with E-state index in [1.54, 1.807) is 19.1 Å². The second-order valence-electron chi connectivity index (χ2n) is 5.52. The van der Waals surface area contributed by atoms with Gasteiger partial charge in [-0.15, -0.1) is 0 Å². The zero-order valence-electron chi connectivity index (χ0n) is 12.6. The maximum Gasteiger partial charge on any atom is 0.241 e. The lowest BCUT2D eigenvalue weighted by Gasteiger charge is -2.13. The molecule has 0 fully saturated rings. The highest BCUT2D eigenvalue weighted by molar-refractivity contribution is 7.89. The van der Waals surface area contributed by atoms with Crippen molar-refractivity contribution in [1.29, 1.82) is 0 Å². The maximum atomic E-state index is 12.4. The lowest BCUT2D eigenvalue weighted by molar-refractivity contribution is 0.109. The monoisotopic (exact) mass is 321 g/mol. The summed E-state index contributed by atoms with van der Waals surface area (Å²) in [4.78, 5) is 0.304. The Morgan fingerprint density at radius 1 is 1.36 bits per heavy atom. The molecule has 1 aromatic carbocycles. The Balaban J connectivity index is 1.79. The number of benzene rings is 1. The Labute approximate surface area is 129 Å². The molecule has 3 rings (SSSR count). The van der Waals surface area contributed by atoms with Gasteiger partial charge in [-0.25, -0.2) is 13.1 Å². The standard InChI is InChI=1S/C15H19N3O3S/c1-10-3-4-15(11(2)7-10)22(19,20)16-8-14-12-9-21-6-5-13(12)17-18-14/h3-4,7,16H,5-6,8-9H2,1-2H3,(H,17,18). The molecule has 0 saturated carbocycles. The highest BCUT2D eigenvalue weighted by atomic mass is 32.2. The number of ether oxygens (including phenoxy) is 1. The van der Waals surface area contributed by atoms with Crippen LogP contribution in [0.1, 0.15) is 28.1 Å². The van der Waals surface area contributed by atoms with Crippen LogP contribution in [0.25, 0.3) is 0 Å². The van der Waals surface area contributed by atoms with Crippen LogP contribution >= 0.6 is 0 Å². The average molecular weight is 321 g/mol. The van der Waals surface area contributed by atoms with Crippen LogP contribution in [0.15, 0.2) is 23.1 Å². The lowest BCUT2D eigenvalue weighted by atomic mass is 10.1. The van der Waals surface area contributed by atoms with E-state index in [2.05, 4.69) is 14.9 Å². The van der Waals surface area contributed by atoms with Crippen molar-refractivity contribution >= 4 is 10.0 Å². The van der Waals surface area contributed by atoms with Gasteiger partial charge in [-0.3, -0.25) is 5.10 Å². The molecule has 1 aliphatic heterocycles. The molecule has 2 N–H and O–H groups in total. The summed E-state index contributed by atoms with van der Waals surface area (Å²) in [6.45, 7) is 5.04. The Morgan fingerprint density at radius 2 is 2.18 bits per heavy atom. The Bertz CT molecular complexity index is 796. The molecule has 0 amide bonds. The van der Waals surface area contributed by atoms with Crippen LogP contribution in [-0.4, -0.2) is 25.2 Å². The zero-order valence-corrected chi connectivity index (χ0v) is 13.5. The van der Waals surface area contributed by atoms with Crippen LogP contribution < -0.4 is 4.72 Å². The number of H-pyrrole nitrogens is 1. The first-order chi connectivity index (χ1) is 10.5. The van der Waals surface area contributed by atoms with Gasteiger partial charge < -0.3 is 4.74 Å². The van der Waals surface area contributed by atoms with Crippen molar-refractivity contribution in [3.8, 4) is 0 Å². The van der Waals surface area contributed by atoms with Crippen LogP contribution in [0.5, 0.6) is 0 Å². The first-order valence-electron chi connectivity index (χ1n) is 7.17. The molecule has 0 radical (unpaired) electrons. The maximum absolute atomic E-state index is 12.4. The van der Waals surface area contributed by atoms with Crippen LogP contribution in [-0.2, 0) is 34.3 Å². The van der Waals surface area contributed by atoms with Crippen LogP contribution in [0.4, 0.5) is 0 Å². The van der Waals surface area contributed by atoms with Crippen molar-refractivity contribution in [2.45, 2.75) is 38.3 Å². The Morgan fingerprint density at radius 3 is 2.95 bits per heavy atom. The van der Waals surface area contributed by atoms with Gasteiger partial charge in [-0.1, -0.05) is 17.7 Å². The van der Waals surface area contributed by atoms with E-state index in [1.165, 1.54) is 0 Å². The summed E-state index contributed by atoms with van der Waals surface area (Å²) in [5.41, 5.74) is 4.47. The number of rotatable bonds is 4. The number of nitrogens with one attached hydrogen (secondary N) is 2. The minimum absolute atomic E-state index is 0.158. The second kappa shape index (κ2) is 5.83. The predicted octanol–water partition coefficient (Wildman–Crippen LogP) is 1.58. The van der Waals surface area contributed by atoms with Crippen LogP contribution in [0.3, 0.4) is 0 Å². The van der Waals surface area contributed by atoms with Crippen molar-refractivity contribution in [3.63, 3.8) is 0 Å². The summed E-state index contributed by atoms with van der Waals surface area (Å²) in [5, 5.41) is 7.16. The molecule has 0 saturated heterocycles. The normalized spacial score (nSPS) is 14.8. The first kappa shape index (κ1) is 15.2. The summed E-state index contributed by atoms with van der Waals surface area (Å²) in [7, 11) is -3.56. The lowest BCUT2D eigenvalue weighted by Crippen LogP contribution is -2.25. The smallest absolute Gasteiger partial charge is 0.241 e. The summed E-state index contributed by atoms with van der Waals surface area (Å²) in [6.07, 6.45) is 0.784. The molecule has 0 spiro atoms. The van der Waals surface area contributed by atoms with E-state index in [0.717, 1.165) is 28.8 Å². The molecule has 2 heterocycles. The van der Waals surface area contributed by atoms with Crippen molar-refractivity contribution in [2.24, 2.45) is 0 Å². The van der Waals surface area contributed by atoms with Crippen LogP contribution in [0.2, 0.25) is 0 Å². The van der Waals surface area contributed by atoms with Crippen molar-refractivity contribution in [3.05, 3.63) is 46.3 Å². The third-order valence-corrected chi connectivity index (χ3v) is 5.39. The number of hydrogen-bond donors (Lipinski definition) is 2. The number of hydrogen-bond acceptors (Lipinski definition) is 4. The van der Waals surface area contributed by atoms with Crippen LogP contribution in [0, 0.1) is 13.8 Å². The van der Waals surface area contributed by atoms with E-state index in [4.69, 9.17) is 4.74 Å². The minimum Gasteiger partial charge on any atom is -0.376 e. The quantitative estimate of drug-likeness (QED) is 0.895. The third-order valence-electron chi connectivity index (χ3n) is 3.83. The number of aryl methyl sites for hydroxylation is 2. The molecule has 1 aromatic heterocycles. The van der Waals surface area contributed by atoms with Gasteiger partial charge in [-0.05, 0) is 25.5 Å². The van der Waals surface area contributed by atoms with E-state index in [-0.39, 0.29) is 6.54 Å². The Kier molecular flexibility index (Phi) is 4.03. The van der Waals surface area contributed by atoms with Crippen molar-refractivity contribution in [2.75, 3.05) is 6.61 Å². The molecule has 0 atom stereocenters. The summed E-state index contributed by atoms with van der Waals surface area (Å²) in [5.74, 6) is 0. The molecular formula is C15H19N3O3S. The third kappa shape index (κ3) is 2.92. The second-order valence-corrected chi connectivity index (χ2v) is 7.26. The molecule has 0 unspecified atom stereocenters. The summed E-state index contributed by atoms with van der Waals surface area (Å²) in [6, 6.07) is 5.29. The van der Waals surface area contributed by atoms with Gasteiger partial charge in [0.15, 0.2) is 0 Å². The van der Waals surface area contributed by atoms with E-state index in [1.807, 2.05) is 13.0 Å². The predicted molar refractivity (Wildman–Crippen MR) is 81.9 cm³/mol. The van der Waals surface area contributed by atoms with Gasteiger partial charge in [0.25, 0.3) is 0 Å². The van der Waals surface area contributed by atoms with Crippen molar-refractivity contribution in [1.82, 2.24) is 14.9 Å². The summed E-state index contributed by atoms with van der Waals surface area (Å²) < 4.78 is 32.9. The fraction of sp³-hybridized carbons (Fsp3) is 0.400. The number of sulfonamides is 1. The molecule has 1 aliphatic rings. The minimum atomic E-state index is -3.56. The van der Waals surface area contributed by atoms with Gasteiger partial charge in [0, 0.05) is 17.7 Å². The van der Waals surface area contributed by atoms with E-state index < -0.39 is 10.0 Å². The molecule has 2 aromatic rings. The Hall–Kier alpha value is -1.70. The van der Waals surface area contributed by atoms with Gasteiger partial charge in [0.2, 0.25) is 10.0 Å². The fourth-order valence-electron chi connectivity index (χ4n) is 2.66.